The molecule has 3 rings (SSSR count). The van der Waals surface area contributed by atoms with Crippen LogP contribution in [0.5, 0.6) is 0 Å². The minimum Gasteiger partial charge on any atom is -0.343 e. The van der Waals surface area contributed by atoms with Crippen molar-refractivity contribution in [3.8, 4) is 0 Å². The van der Waals surface area contributed by atoms with Gasteiger partial charge in [-0.25, -0.2) is 0 Å². The Bertz CT molecular complexity index is 631. The number of aliphatic imine (C=N–C) groups is 1. The number of nitrogens with one attached hydrogen (secondary N) is 1. The third kappa shape index (κ3) is 9.09. The van der Waals surface area contributed by atoms with Crippen LogP contribution in [0.25, 0.3) is 0 Å². The highest BCUT2D eigenvalue weighted by Gasteiger charge is 2.33. The van der Waals surface area contributed by atoms with Crippen LogP contribution in [0.1, 0.15) is 116 Å². The van der Waals surface area contributed by atoms with Crippen molar-refractivity contribution in [2.75, 3.05) is 13.1 Å². The molecule has 33 heavy (non-hydrogen) atoms. The zero-order valence-electron chi connectivity index (χ0n) is 21.3. The Morgan fingerprint density at radius 3 is 2.36 bits per heavy atom. The lowest BCUT2D eigenvalue weighted by Gasteiger charge is -2.31. The SMILES string of the molecule is CCCCN(CCBC1CCCCCCC1)C(=O)CCC1=NC2CCCCCCC2C(=O)N1. The lowest BCUT2D eigenvalue weighted by molar-refractivity contribution is -0.131. The fraction of sp³-hybridized carbons (Fsp3) is 0.889. The first-order valence-electron chi connectivity index (χ1n) is 14.3. The molecule has 2 unspecified atom stereocenters. The van der Waals surface area contributed by atoms with Crippen molar-refractivity contribution in [3.63, 3.8) is 0 Å². The number of carbonyl (C=O) groups is 2. The van der Waals surface area contributed by atoms with Gasteiger partial charge in [-0.1, -0.05) is 96.1 Å². The van der Waals surface area contributed by atoms with Gasteiger partial charge in [0.05, 0.1) is 12.0 Å². The first kappa shape index (κ1) is 26.3. The second kappa shape index (κ2) is 14.8. The Morgan fingerprint density at radius 1 is 0.970 bits per heavy atom. The quantitative estimate of drug-likeness (QED) is 0.431. The molecule has 1 heterocycles. The summed E-state index contributed by atoms with van der Waals surface area (Å²) in [5.74, 6) is 2.02. The predicted molar refractivity (Wildman–Crippen MR) is 139 cm³/mol. The van der Waals surface area contributed by atoms with Crippen molar-refractivity contribution >= 4 is 24.9 Å². The molecule has 1 aliphatic heterocycles. The molecule has 0 bridgehead atoms. The average molecular weight is 458 g/mol. The van der Waals surface area contributed by atoms with Gasteiger partial charge in [-0.15, -0.1) is 0 Å². The van der Waals surface area contributed by atoms with Crippen LogP contribution in [0.15, 0.2) is 4.99 Å². The standard InChI is InChI=1S/C27H48BN3O2/c1-2-3-20-31(21-19-28-22-13-9-5-4-6-10-14-22)26(32)18-17-25-29-24-16-12-8-7-11-15-23(24)27(33)30-25/h22-24,28H,2-21H2,1H3,(H,29,30,33). The Kier molecular flexibility index (Phi) is 11.8. The Labute approximate surface area is 203 Å². The number of fused-ring (bicyclic) bond motifs is 1. The average Bonchev–Trinajstić information content (AvgIpc) is 2.76. The molecule has 186 valence electrons. The van der Waals surface area contributed by atoms with E-state index in [0.29, 0.717) is 12.8 Å². The summed E-state index contributed by atoms with van der Waals surface area (Å²) in [6.45, 7) is 3.94. The molecule has 2 amide bonds. The highest BCUT2D eigenvalue weighted by Crippen LogP contribution is 2.28. The maximum absolute atomic E-state index is 13.1. The summed E-state index contributed by atoms with van der Waals surface area (Å²) < 4.78 is 0. The van der Waals surface area contributed by atoms with E-state index in [0.717, 1.165) is 69.6 Å². The van der Waals surface area contributed by atoms with Crippen molar-refractivity contribution < 1.29 is 9.59 Å². The van der Waals surface area contributed by atoms with Crippen LogP contribution in [0.4, 0.5) is 0 Å². The summed E-state index contributed by atoms with van der Waals surface area (Å²) in [5.41, 5.74) is 0. The van der Waals surface area contributed by atoms with Gasteiger partial charge in [0.25, 0.3) is 0 Å². The normalized spacial score (nSPS) is 24.9. The van der Waals surface area contributed by atoms with Crippen molar-refractivity contribution in [3.05, 3.63) is 0 Å². The van der Waals surface area contributed by atoms with Gasteiger partial charge in [-0.05, 0) is 19.3 Å². The number of rotatable bonds is 10. The summed E-state index contributed by atoms with van der Waals surface area (Å²) in [7, 11) is 1.27. The molecular weight excluding hydrogens is 409 g/mol. The molecule has 2 fully saturated rings. The van der Waals surface area contributed by atoms with Crippen LogP contribution >= 0.6 is 0 Å². The maximum atomic E-state index is 13.1. The maximum Gasteiger partial charge on any atom is 0.230 e. The lowest BCUT2D eigenvalue weighted by atomic mass is 9.58. The van der Waals surface area contributed by atoms with E-state index in [1.165, 1.54) is 65.1 Å². The minimum absolute atomic E-state index is 0.0408. The number of amides is 2. The Morgan fingerprint density at radius 2 is 1.64 bits per heavy atom. The second-order valence-corrected chi connectivity index (χ2v) is 10.8. The van der Waals surface area contributed by atoms with Gasteiger partial charge in [-0.2, -0.15) is 0 Å². The minimum atomic E-state index is 0.0408. The molecule has 3 aliphatic rings. The Balaban J connectivity index is 1.47. The van der Waals surface area contributed by atoms with Gasteiger partial charge >= 0.3 is 0 Å². The fourth-order valence-electron chi connectivity index (χ4n) is 6.01. The first-order chi connectivity index (χ1) is 16.2. The highest BCUT2D eigenvalue weighted by atomic mass is 16.2. The fourth-order valence-corrected chi connectivity index (χ4v) is 6.01. The van der Waals surface area contributed by atoms with E-state index in [9.17, 15) is 9.59 Å². The van der Waals surface area contributed by atoms with Crippen molar-refractivity contribution in [1.82, 2.24) is 10.2 Å². The molecule has 0 aromatic carbocycles. The third-order valence-electron chi connectivity index (χ3n) is 8.13. The monoisotopic (exact) mass is 457 g/mol. The number of nitrogens with zero attached hydrogens (tertiary/aromatic N) is 2. The van der Waals surface area contributed by atoms with Crippen molar-refractivity contribution in [2.45, 2.75) is 134 Å². The van der Waals surface area contributed by atoms with Crippen LogP contribution in [-0.4, -0.2) is 49.0 Å². The van der Waals surface area contributed by atoms with Crippen LogP contribution in [0.3, 0.4) is 0 Å². The zero-order valence-corrected chi connectivity index (χ0v) is 21.3. The largest absolute Gasteiger partial charge is 0.343 e. The third-order valence-corrected chi connectivity index (χ3v) is 8.13. The van der Waals surface area contributed by atoms with Crippen LogP contribution in [-0.2, 0) is 9.59 Å². The number of hydrogen-bond acceptors (Lipinski definition) is 3. The molecule has 0 saturated heterocycles. The van der Waals surface area contributed by atoms with E-state index in [2.05, 4.69) is 17.1 Å². The number of carbonyl (C=O) groups excluding carboxylic acids is 2. The summed E-state index contributed by atoms with van der Waals surface area (Å²) in [4.78, 5) is 32.8. The Hall–Kier alpha value is -1.33. The number of hydrogen-bond donors (Lipinski definition) is 1. The molecule has 5 nitrogen and oxygen atoms in total. The van der Waals surface area contributed by atoms with E-state index in [1.54, 1.807) is 0 Å². The molecule has 0 aromatic rings. The van der Waals surface area contributed by atoms with E-state index in [-0.39, 0.29) is 23.8 Å². The van der Waals surface area contributed by atoms with Crippen LogP contribution < -0.4 is 5.32 Å². The molecule has 0 aromatic heterocycles. The molecule has 2 atom stereocenters. The summed E-state index contributed by atoms with van der Waals surface area (Å²) in [5, 5.41) is 3.04. The lowest BCUT2D eigenvalue weighted by Crippen LogP contribution is -2.46. The smallest absolute Gasteiger partial charge is 0.230 e. The van der Waals surface area contributed by atoms with Gasteiger partial charge in [0.15, 0.2) is 0 Å². The van der Waals surface area contributed by atoms with Crippen LogP contribution in [0.2, 0.25) is 12.1 Å². The first-order valence-corrected chi connectivity index (χ1v) is 14.3. The van der Waals surface area contributed by atoms with E-state index < -0.39 is 0 Å². The van der Waals surface area contributed by atoms with Crippen molar-refractivity contribution in [1.29, 1.82) is 0 Å². The second-order valence-electron chi connectivity index (χ2n) is 10.8. The molecule has 2 aliphatic carbocycles. The van der Waals surface area contributed by atoms with Gasteiger partial charge in [-0.3, -0.25) is 14.6 Å². The van der Waals surface area contributed by atoms with Gasteiger partial charge in [0, 0.05) is 25.9 Å². The van der Waals surface area contributed by atoms with Gasteiger partial charge < -0.3 is 10.2 Å². The summed E-state index contributed by atoms with van der Waals surface area (Å²) >= 11 is 0. The summed E-state index contributed by atoms with van der Waals surface area (Å²) in [6, 6.07) is 0.129. The van der Waals surface area contributed by atoms with Gasteiger partial charge in [0.2, 0.25) is 11.8 Å². The van der Waals surface area contributed by atoms with Crippen molar-refractivity contribution in [2.24, 2.45) is 10.9 Å². The summed E-state index contributed by atoms with van der Waals surface area (Å²) in [6.07, 6.45) is 20.8. The number of unbranched alkanes of at least 4 members (excludes halogenated alkanes) is 1. The zero-order chi connectivity index (χ0) is 23.3. The van der Waals surface area contributed by atoms with Crippen LogP contribution in [0, 0.1) is 5.92 Å². The van der Waals surface area contributed by atoms with E-state index >= 15 is 0 Å². The topological polar surface area (TPSA) is 61.8 Å². The molecule has 6 heteroatoms. The molecule has 1 N–H and O–H groups in total. The molecular formula is C27H48BN3O2. The molecule has 0 radical (unpaired) electrons. The molecule has 2 saturated carbocycles. The van der Waals surface area contributed by atoms with E-state index in [4.69, 9.17) is 4.99 Å². The predicted octanol–water partition coefficient (Wildman–Crippen LogP) is 5.65. The van der Waals surface area contributed by atoms with E-state index in [1.807, 2.05) is 0 Å². The number of amidine groups is 1. The highest BCUT2D eigenvalue weighted by molar-refractivity contribution is 6.37. The molecule has 0 spiro atoms. The van der Waals surface area contributed by atoms with Gasteiger partial charge in [0.1, 0.15) is 13.1 Å².